The van der Waals surface area contributed by atoms with Crippen LogP contribution in [0.15, 0.2) is 65.4 Å². The first-order valence-corrected chi connectivity index (χ1v) is 10.3. The molecule has 0 unspecified atom stereocenters. The monoisotopic (exact) mass is 468 g/mol. The Morgan fingerprint density at radius 2 is 2.03 bits per heavy atom. The van der Waals surface area contributed by atoms with Crippen molar-refractivity contribution in [3.63, 3.8) is 0 Å². The smallest absolute Gasteiger partial charge is 0.255 e. The molecule has 0 aliphatic rings. The van der Waals surface area contributed by atoms with E-state index in [0.717, 1.165) is 21.3 Å². The molecule has 0 radical (unpaired) electrons. The number of rotatable bonds is 8. The van der Waals surface area contributed by atoms with Gasteiger partial charge >= 0.3 is 0 Å². The second-order valence-corrected chi connectivity index (χ2v) is 7.46. The van der Waals surface area contributed by atoms with Crippen LogP contribution in [0.1, 0.15) is 34.1 Å². The van der Waals surface area contributed by atoms with Gasteiger partial charge in [-0.2, -0.15) is 0 Å². The fourth-order valence-electron chi connectivity index (χ4n) is 2.88. The van der Waals surface area contributed by atoms with Crippen molar-refractivity contribution in [3.05, 3.63) is 93.6 Å². The van der Waals surface area contributed by atoms with Crippen molar-refractivity contribution >= 4 is 33.7 Å². The third-order valence-corrected chi connectivity index (χ3v) is 4.98. The number of amides is 1. The molecule has 0 saturated carbocycles. The summed E-state index contributed by atoms with van der Waals surface area (Å²) in [5.41, 5.74) is 2.92. The van der Waals surface area contributed by atoms with Crippen LogP contribution in [0.2, 0.25) is 0 Å². The lowest BCUT2D eigenvalue weighted by Gasteiger charge is -2.14. The van der Waals surface area contributed by atoms with Crippen LogP contribution in [-0.4, -0.2) is 22.4 Å². The van der Waals surface area contributed by atoms with Gasteiger partial charge in [0.1, 0.15) is 11.6 Å². The second kappa shape index (κ2) is 10.6. The normalized spacial score (nSPS) is 10.9. The molecular weight excluding hydrogens is 447 g/mol. The van der Waals surface area contributed by atoms with Crippen LogP contribution in [0.5, 0.6) is 0 Å². The average molecular weight is 469 g/mol. The molecule has 5 nitrogen and oxygen atoms in total. The van der Waals surface area contributed by atoms with E-state index in [-0.39, 0.29) is 11.7 Å². The van der Waals surface area contributed by atoms with Crippen molar-refractivity contribution in [2.75, 3.05) is 11.9 Å². The zero-order valence-corrected chi connectivity index (χ0v) is 18.1. The SMILES string of the molecule is CC=Cc1nc(NCCc2cccc(F)c2)c(C(=O)NCc2cccnc2)cc1Br. The highest BCUT2D eigenvalue weighted by Gasteiger charge is 2.16. The van der Waals surface area contributed by atoms with E-state index < -0.39 is 0 Å². The Hall–Kier alpha value is -3.06. The largest absolute Gasteiger partial charge is 0.369 e. The number of halogens is 2. The van der Waals surface area contributed by atoms with Gasteiger partial charge in [0.25, 0.3) is 5.91 Å². The molecule has 2 heterocycles. The van der Waals surface area contributed by atoms with E-state index in [4.69, 9.17) is 0 Å². The third kappa shape index (κ3) is 5.97. The second-order valence-electron chi connectivity index (χ2n) is 6.60. The van der Waals surface area contributed by atoms with Crippen molar-refractivity contribution in [1.82, 2.24) is 15.3 Å². The van der Waals surface area contributed by atoms with Crippen molar-refractivity contribution < 1.29 is 9.18 Å². The average Bonchev–Trinajstić information content (AvgIpc) is 2.75. The van der Waals surface area contributed by atoms with Gasteiger partial charge in [-0.05, 0) is 70.7 Å². The summed E-state index contributed by atoms with van der Waals surface area (Å²) in [4.78, 5) is 21.5. The molecule has 0 atom stereocenters. The number of hydrogen-bond donors (Lipinski definition) is 2. The number of pyridine rings is 2. The summed E-state index contributed by atoms with van der Waals surface area (Å²) in [6.45, 7) is 2.78. The van der Waals surface area contributed by atoms with Crippen LogP contribution < -0.4 is 10.6 Å². The van der Waals surface area contributed by atoms with Crippen LogP contribution in [0, 0.1) is 5.82 Å². The third-order valence-electron chi connectivity index (χ3n) is 4.34. The molecule has 0 spiro atoms. The van der Waals surface area contributed by atoms with E-state index >= 15 is 0 Å². The van der Waals surface area contributed by atoms with E-state index in [9.17, 15) is 9.18 Å². The van der Waals surface area contributed by atoms with E-state index in [2.05, 4.69) is 36.5 Å². The van der Waals surface area contributed by atoms with Gasteiger partial charge in [-0.1, -0.05) is 24.3 Å². The molecule has 2 aromatic heterocycles. The summed E-state index contributed by atoms with van der Waals surface area (Å²) in [5, 5.41) is 6.13. The molecule has 0 aliphatic heterocycles. The van der Waals surface area contributed by atoms with E-state index in [1.807, 2.05) is 37.3 Å². The molecular formula is C23H22BrFN4O. The Kier molecular flexibility index (Phi) is 7.68. The number of anilines is 1. The Bertz CT molecular complexity index is 1040. The van der Waals surface area contributed by atoms with Gasteiger partial charge in [-0.3, -0.25) is 9.78 Å². The number of aromatic nitrogens is 2. The maximum atomic E-state index is 13.4. The fraction of sp³-hybridized carbons (Fsp3) is 0.174. The van der Waals surface area contributed by atoms with Crippen molar-refractivity contribution in [1.29, 1.82) is 0 Å². The van der Waals surface area contributed by atoms with Gasteiger partial charge in [-0.15, -0.1) is 0 Å². The number of carbonyl (C=O) groups excluding carboxylic acids is 1. The van der Waals surface area contributed by atoms with Crippen LogP contribution in [0.3, 0.4) is 0 Å². The highest BCUT2D eigenvalue weighted by molar-refractivity contribution is 9.10. The molecule has 154 valence electrons. The predicted molar refractivity (Wildman–Crippen MR) is 121 cm³/mol. The highest BCUT2D eigenvalue weighted by atomic mass is 79.9. The van der Waals surface area contributed by atoms with E-state index in [1.54, 1.807) is 24.5 Å². The molecule has 0 bridgehead atoms. The molecule has 7 heteroatoms. The summed E-state index contributed by atoms with van der Waals surface area (Å²) in [6.07, 6.45) is 7.74. The molecule has 1 amide bonds. The minimum absolute atomic E-state index is 0.243. The maximum absolute atomic E-state index is 13.4. The molecule has 1 aromatic carbocycles. The molecule has 3 rings (SSSR count). The number of hydrogen-bond acceptors (Lipinski definition) is 4. The lowest BCUT2D eigenvalue weighted by Crippen LogP contribution is -2.25. The Morgan fingerprint density at radius 1 is 1.20 bits per heavy atom. The first-order valence-electron chi connectivity index (χ1n) is 9.55. The van der Waals surface area contributed by atoms with E-state index in [1.165, 1.54) is 12.1 Å². The van der Waals surface area contributed by atoms with Gasteiger partial charge in [0, 0.05) is 30.0 Å². The Balaban J connectivity index is 1.76. The van der Waals surface area contributed by atoms with Crippen molar-refractivity contribution in [3.8, 4) is 0 Å². The molecule has 2 N–H and O–H groups in total. The van der Waals surface area contributed by atoms with Crippen LogP contribution in [0.4, 0.5) is 10.2 Å². The number of nitrogens with zero attached hydrogens (tertiary/aromatic N) is 2. The van der Waals surface area contributed by atoms with Crippen LogP contribution in [0.25, 0.3) is 6.08 Å². The molecule has 30 heavy (non-hydrogen) atoms. The summed E-state index contributed by atoms with van der Waals surface area (Å²) in [5.74, 6) is -0.0289. The van der Waals surface area contributed by atoms with Gasteiger partial charge in [0.15, 0.2) is 0 Å². The van der Waals surface area contributed by atoms with Gasteiger partial charge < -0.3 is 10.6 Å². The maximum Gasteiger partial charge on any atom is 0.255 e. The fourth-order valence-corrected chi connectivity index (χ4v) is 3.33. The minimum Gasteiger partial charge on any atom is -0.369 e. The number of benzene rings is 1. The van der Waals surface area contributed by atoms with Crippen molar-refractivity contribution in [2.45, 2.75) is 19.9 Å². The highest BCUT2D eigenvalue weighted by Crippen LogP contribution is 2.24. The Labute approximate surface area is 183 Å². The van der Waals surface area contributed by atoms with Crippen molar-refractivity contribution in [2.24, 2.45) is 0 Å². The summed E-state index contributed by atoms with van der Waals surface area (Å²) in [6, 6.07) is 12.0. The lowest BCUT2D eigenvalue weighted by molar-refractivity contribution is 0.0951. The number of allylic oxidation sites excluding steroid dienone is 1. The van der Waals surface area contributed by atoms with Gasteiger partial charge in [-0.25, -0.2) is 9.37 Å². The van der Waals surface area contributed by atoms with Crippen LogP contribution in [-0.2, 0) is 13.0 Å². The first kappa shape index (κ1) is 21.6. The summed E-state index contributed by atoms with van der Waals surface area (Å²) < 4.78 is 14.1. The standard InChI is InChI=1S/C23H22BrFN4O/c1-2-5-21-20(24)13-19(23(30)28-15-17-7-4-10-26-14-17)22(29-21)27-11-9-16-6-3-8-18(25)12-16/h2-8,10,12-14H,9,11,15H2,1H3,(H,27,29)(H,28,30). The first-order chi connectivity index (χ1) is 14.6. The lowest BCUT2D eigenvalue weighted by atomic mass is 10.1. The molecule has 0 saturated heterocycles. The number of nitrogens with one attached hydrogen (secondary N) is 2. The summed E-state index contributed by atoms with van der Waals surface area (Å²) in [7, 11) is 0. The van der Waals surface area contributed by atoms with Gasteiger partial charge in [0.2, 0.25) is 0 Å². The topological polar surface area (TPSA) is 66.9 Å². The minimum atomic E-state index is -0.264. The summed E-state index contributed by atoms with van der Waals surface area (Å²) >= 11 is 3.49. The molecule has 0 fully saturated rings. The molecule has 3 aromatic rings. The van der Waals surface area contributed by atoms with Gasteiger partial charge in [0.05, 0.1) is 11.3 Å². The van der Waals surface area contributed by atoms with Crippen LogP contribution >= 0.6 is 15.9 Å². The predicted octanol–water partition coefficient (Wildman–Crippen LogP) is 5.00. The number of carbonyl (C=O) groups is 1. The zero-order valence-electron chi connectivity index (χ0n) is 16.5. The Morgan fingerprint density at radius 3 is 2.77 bits per heavy atom. The van der Waals surface area contributed by atoms with E-state index in [0.29, 0.717) is 30.9 Å². The molecule has 0 aliphatic carbocycles. The zero-order chi connectivity index (χ0) is 21.3. The quantitative estimate of drug-likeness (QED) is 0.488.